The Hall–Kier alpha value is -1.82. The number of hydrogen-bond donors (Lipinski definition) is 1. The first-order valence-corrected chi connectivity index (χ1v) is 7.03. The van der Waals surface area contributed by atoms with Crippen LogP contribution in [0.4, 0.5) is 5.69 Å². The van der Waals surface area contributed by atoms with E-state index in [-0.39, 0.29) is 5.91 Å². The number of rotatable bonds is 4. The van der Waals surface area contributed by atoms with Crippen LogP contribution < -0.4 is 5.73 Å². The minimum Gasteiger partial charge on any atom is -0.395 e. The predicted octanol–water partition coefficient (Wildman–Crippen LogP) is 2.03. The largest absolute Gasteiger partial charge is 0.395 e. The first-order chi connectivity index (χ1) is 9.04. The summed E-state index contributed by atoms with van der Waals surface area (Å²) in [6, 6.07) is 4.01. The van der Waals surface area contributed by atoms with E-state index in [1.54, 1.807) is 28.0 Å². The van der Waals surface area contributed by atoms with Gasteiger partial charge in [-0.3, -0.25) is 9.48 Å². The van der Waals surface area contributed by atoms with Crippen molar-refractivity contribution >= 4 is 22.9 Å². The molecule has 102 valence electrons. The lowest BCUT2D eigenvalue weighted by Gasteiger charge is -2.20. The van der Waals surface area contributed by atoms with Crippen molar-refractivity contribution in [1.82, 2.24) is 14.7 Å². The van der Waals surface area contributed by atoms with Gasteiger partial charge in [-0.05, 0) is 25.3 Å². The quantitative estimate of drug-likeness (QED) is 0.930. The zero-order chi connectivity index (χ0) is 14.0. The molecule has 0 radical (unpaired) electrons. The number of aryl methyl sites for hydroxylation is 2. The molecule has 0 atom stereocenters. The molecule has 0 aliphatic carbocycles. The van der Waals surface area contributed by atoms with Crippen LogP contribution in [0.1, 0.15) is 28.0 Å². The number of anilines is 1. The Labute approximate surface area is 116 Å². The van der Waals surface area contributed by atoms with E-state index in [4.69, 9.17) is 5.73 Å². The molecular formula is C13H18N4OS. The van der Waals surface area contributed by atoms with Gasteiger partial charge < -0.3 is 10.6 Å². The number of amides is 1. The molecule has 2 heterocycles. The van der Waals surface area contributed by atoms with Gasteiger partial charge in [0.15, 0.2) is 0 Å². The highest BCUT2D eigenvalue weighted by molar-refractivity contribution is 7.09. The van der Waals surface area contributed by atoms with E-state index in [1.165, 1.54) is 0 Å². The molecule has 0 aliphatic rings. The maximum atomic E-state index is 12.5. The van der Waals surface area contributed by atoms with Crippen LogP contribution in [-0.4, -0.2) is 27.1 Å². The van der Waals surface area contributed by atoms with Crippen LogP contribution in [0.3, 0.4) is 0 Å². The van der Waals surface area contributed by atoms with E-state index in [9.17, 15) is 4.79 Å². The van der Waals surface area contributed by atoms with Gasteiger partial charge in [0, 0.05) is 18.5 Å². The van der Waals surface area contributed by atoms with Gasteiger partial charge in [0.05, 0.1) is 17.9 Å². The van der Waals surface area contributed by atoms with Crippen LogP contribution >= 0.6 is 11.3 Å². The maximum absolute atomic E-state index is 12.5. The third-order valence-corrected chi connectivity index (χ3v) is 3.93. The van der Waals surface area contributed by atoms with E-state index >= 15 is 0 Å². The fraction of sp³-hybridized carbons (Fsp3) is 0.385. The average Bonchev–Trinajstić information content (AvgIpc) is 2.96. The molecule has 0 aromatic carbocycles. The highest BCUT2D eigenvalue weighted by Crippen LogP contribution is 2.19. The van der Waals surface area contributed by atoms with Gasteiger partial charge in [-0.2, -0.15) is 5.10 Å². The lowest BCUT2D eigenvalue weighted by molar-refractivity contribution is 0.0744. The van der Waals surface area contributed by atoms with Crippen molar-refractivity contribution < 1.29 is 4.79 Å². The first kappa shape index (κ1) is 13.6. The number of thiophene rings is 1. The predicted molar refractivity (Wildman–Crippen MR) is 77.1 cm³/mol. The molecule has 5 nitrogen and oxygen atoms in total. The van der Waals surface area contributed by atoms with Crippen LogP contribution in [-0.2, 0) is 13.6 Å². The Morgan fingerprint density at radius 3 is 2.79 bits per heavy atom. The summed E-state index contributed by atoms with van der Waals surface area (Å²) >= 11 is 1.65. The van der Waals surface area contributed by atoms with Crippen molar-refractivity contribution in [3.63, 3.8) is 0 Å². The molecule has 2 aromatic heterocycles. The summed E-state index contributed by atoms with van der Waals surface area (Å²) in [4.78, 5) is 15.5. The van der Waals surface area contributed by atoms with Crippen LogP contribution in [0.15, 0.2) is 17.5 Å². The summed E-state index contributed by atoms with van der Waals surface area (Å²) in [5.41, 5.74) is 7.57. The van der Waals surface area contributed by atoms with Crippen molar-refractivity contribution in [3.05, 3.63) is 33.8 Å². The molecule has 2 N–H and O–H groups in total. The summed E-state index contributed by atoms with van der Waals surface area (Å²) < 4.78 is 1.56. The van der Waals surface area contributed by atoms with Gasteiger partial charge in [-0.25, -0.2) is 0 Å². The number of nitrogen functional groups attached to an aromatic ring is 1. The maximum Gasteiger partial charge on any atom is 0.274 e. The summed E-state index contributed by atoms with van der Waals surface area (Å²) in [5.74, 6) is -0.0727. The van der Waals surface area contributed by atoms with Crippen molar-refractivity contribution in [1.29, 1.82) is 0 Å². The number of nitrogens with two attached hydrogens (primary N) is 1. The Bertz CT molecular complexity index is 574. The van der Waals surface area contributed by atoms with Gasteiger partial charge in [-0.15, -0.1) is 11.3 Å². The minimum atomic E-state index is -0.0727. The molecule has 0 unspecified atom stereocenters. The van der Waals surface area contributed by atoms with Crippen molar-refractivity contribution in [2.75, 3.05) is 12.3 Å². The van der Waals surface area contributed by atoms with Crippen LogP contribution in [0.25, 0.3) is 0 Å². The monoisotopic (exact) mass is 278 g/mol. The second kappa shape index (κ2) is 5.44. The zero-order valence-corrected chi connectivity index (χ0v) is 12.2. The summed E-state index contributed by atoms with van der Waals surface area (Å²) in [5, 5.41) is 6.20. The average molecular weight is 278 g/mol. The molecule has 0 saturated heterocycles. The van der Waals surface area contributed by atoms with E-state index in [0.717, 1.165) is 4.88 Å². The van der Waals surface area contributed by atoms with E-state index < -0.39 is 0 Å². The van der Waals surface area contributed by atoms with Gasteiger partial charge in [0.25, 0.3) is 5.91 Å². The van der Waals surface area contributed by atoms with Crippen LogP contribution in [0.5, 0.6) is 0 Å². The molecule has 2 rings (SSSR count). The number of carbonyl (C=O) groups excluding carboxylic acids is 1. The number of nitrogens with zero attached hydrogens (tertiary/aromatic N) is 3. The van der Waals surface area contributed by atoms with Crippen LogP contribution in [0, 0.1) is 6.92 Å². The van der Waals surface area contributed by atoms with E-state index in [1.807, 2.05) is 31.4 Å². The molecule has 0 bridgehead atoms. The lowest BCUT2D eigenvalue weighted by Crippen LogP contribution is -2.32. The second-order valence-electron chi connectivity index (χ2n) is 4.37. The molecule has 0 fully saturated rings. The molecule has 0 aliphatic heterocycles. The van der Waals surface area contributed by atoms with Crippen molar-refractivity contribution in [3.8, 4) is 0 Å². The third kappa shape index (κ3) is 2.63. The van der Waals surface area contributed by atoms with Gasteiger partial charge in [0.1, 0.15) is 5.69 Å². The minimum absolute atomic E-state index is 0.0727. The molecule has 0 spiro atoms. The summed E-state index contributed by atoms with van der Waals surface area (Å²) in [7, 11) is 1.75. The van der Waals surface area contributed by atoms with Gasteiger partial charge >= 0.3 is 0 Å². The number of hydrogen-bond acceptors (Lipinski definition) is 4. The zero-order valence-electron chi connectivity index (χ0n) is 11.4. The Kier molecular flexibility index (Phi) is 3.90. The highest BCUT2D eigenvalue weighted by atomic mass is 32.1. The molecule has 0 saturated carbocycles. The van der Waals surface area contributed by atoms with Crippen LogP contribution in [0.2, 0.25) is 0 Å². The number of carbonyl (C=O) groups is 1. The fourth-order valence-electron chi connectivity index (χ4n) is 2.00. The number of aromatic nitrogens is 2. The Morgan fingerprint density at radius 2 is 2.32 bits per heavy atom. The molecule has 1 amide bonds. The third-order valence-electron chi connectivity index (χ3n) is 3.07. The van der Waals surface area contributed by atoms with Gasteiger partial charge in [0.2, 0.25) is 0 Å². The van der Waals surface area contributed by atoms with Crippen molar-refractivity contribution in [2.45, 2.75) is 20.4 Å². The second-order valence-corrected chi connectivity index (χ2v) is 5.40. The Balaban J connectivity index is 2.25. The molecule has 2 aromatic rings. The SMILES string of the molecule is CCN(Cc1cccs1)C(=O)c1c(N)c(C)nn1C. The normalized spacial score (nSPS) is 10.7. The smallest absolute Gasteiger partial charge is 0.274 e. The summed E-state index contributed by atoms with van der Waals surface area (Å²) in [6.07, 6.45) is 0. The fourth-order valence-corrected chi connectivity index (χ4v) is 2.72. The molecular weight excluding hydrogens is 260 g/mol. The van der Waals surface area contributed by atoms with E-state index in [2.05, 4.69) is 5.10 Å². The van der Waals surface area contributed by atoms with Crippen molar-refractivity contribution in [2.24, 2.45) is 7.05 Å². The summed E-state index contributed by atoms with van der Waals surface area (Å²) in [6.45, 7) is 5.02. The Morgan fingerprint density at radius 1 is 1.58 bits per heavy atom. The standard InChI is InChI=1S/C13H18N4OS/c1-4-17(8-10-6-5-7-19-10)13(18)12-11(14)9(2)15-16(12)3/h5-7H,4,8,14H2,1-3H3. The topological polar surface area (TPSA) is 64.2 Å². The highest BCUT2D eigenvalue weighted by Gasteiger charge is 2.22. The first-order valence-electron chi connectivity index (χ1n) is 6.15. The van der Waals surface area contributed by atoms with E-state index in [0.29, 0.717) is 30.2 Å². The molecule has 19 heavy (non-hydrogen) atoms. The van der Waals surface area contributed by atoms with Gasteiger partial charge in [-0.1, -0.05) is 6.07 Å². The molecule has 6 heteroatoms. The lowest BCUT2D eigenvalue weighted by atomic mass is 10.2.